The predicted octanol–water partition coefficient (Wildman–Crippen LogP) is 3.59. The number of carbonyl (C=O) groups excluding carboxylic acids is 1. The van der Waals surface area contributed by atoms with Gasteiger partial charge in [0.25, 0.3) is 0 Å². The van der Waals surface area contributed by atoms with Crippen LogP contribution in [0.25, 0.3) is 11.3 Å². The van der Waals surface area contributed by atoms with Crippen LogP contribution in [-0.4, -0.2) is 32.2 Å². The molecule has 0 bridgehead atoms. The van der Waals surface area contributed by atoms with Gasteiger partial charge in [0.1, 0.15) is 5.82 Å². The summed E-state index contributed by atoms with van der Waals surface area (Å²) >= 11 is 0. The summed E-state index contributed by atoms with van der Waals surface area (Å²) in [7, 11) is 1.91. The van der Waals surface area contributed by atoms with E-state index in [1.165, 1.54) is 0 Å². The average molecular weight is 348 g/mol. The lowest BCUT2D eigenvalue weighted by Gasteiger charge is -2.29. The third kappa shape index (κ3) is 2.99. The molecule has 0 aliphatic carbocycles. The largest absolute Gasteiger partial charge is 0.355 e. The Hall–Kier alpha value is -3.35. The number of carbonyl (C=O) groups is 1. The number of amides is 2. The molecule has 0 radical (unpaired) electrons. The van der Waals surface area contributed by atoms with Crippen LogP contribution in [0.15, 0.2) is 48.8 Å². The maximum absolute atomic E-state index is 12.0. The third-order valence-corrected chi connectivity index (χ3v) is 4.47. The SMILES string of the molecule is CCN1Cc2c(Nc3ccc(-c4ccn(C)n4)cc3)ccnc2NC1=O. The molecule has 3 heterocycles. The zero-order valence-corrected chi connectivity index (χ0v) is 14.7. The van der Waals surface area contributed by atoms with Crippen molar-refractivity contribution in [3.05, 3.63) is 54.4 Å². The molecule has 0 atom stereocenters. The molecule has 1 aromatic carbocycles. The van der Waals surface area contributed by atoms with Gasteiger partial charge in [-0.2, -0.15) is 5.10 Å². The second-order valence-electron chi connectivity index (χ2n) is 6.21. The lowest BCUT2D eigenvalue weighted by Crippen LogP contribution is -2.39. The van der Waals surface area contributed by atoms with E-state index < -0.39 is 0 Å². The highest BCUT2D eigenvalue weighted by Crippen LogP contribution is 2.30. The van der Waals surface area contributed by atoms with E-state index in [1.54, 1.807) is 15.8 Å². The summed E-state index contributed by atoms with van der Waals surface area (Å²) in [4.78, 5) is 18.0. The number of urea groups is 1. The molecule has 7 nitrogen and oxygen atoms in total. The van der Waals surface area contributed by atoms with Crippen molar-refractivity contribution >= 4 is 23.2 Å². The molecule has 0 unspecified atom stereocenters. The molecule has 7 heteroatoms. The minimum absolute atomic E-state index is 0.107. The van der Waals surface area contributed by atoms with E-state index in [2.05, 4.69) is 20.7 Å². The number of aromatic nitrogens is 3. The predicted molar refractivity (Wildman–Crippen MR) is 101 cm³/mol. The fourth-order valence-corrected chi connectivity index (χ4v) is 3.02. The quantitative estimate of drug-likeness (QED) is 0.755. The molecule has 1 aliphatic heterocycles. The number of fused-ring (bicyclic) bond motifs is 1. The molecule has 1 aliphatic rings. The van der Waals surface area contributed by atoms with Crippen molar-refractivity contribution in [3.63, 3.8) is 0 Å². The number of anilines is 3. The van der Waals surface area contributed by atoms with Gasteiger partial charge < -0.3 is 10.2 Å². The standard InChI is InChI=1S/C19H20N6O/c1-3-25-12-15-17(8-10-20-18(15)22-19(25)26)21-14-6-4-13(5-7-14)16-9-11-24(2)23-16/h4-11H,3,12H2,1-2H3,(H2,20,21,22,26). The normalized spacial score (nSPS) is 13.3. The molecule has 2 N–H and O–H groups in total. The van der Waals surface area contributed by atoms with Crippen LogP contribution in [0, 0.1) is 0 Å². The maximum Gasteiger partial charge on any atom is 0.323 e. The number of aryl methyl sites for hydroxylation is 1. The van der Waals surface area contributed by atoms with Crippen LogP contribution in [0.1, 0.15) is 12.5 Å². The first-order valence-corrected chi connectivity index (χ1v) is 8.55. The molecule has 132 valence electrons. The highest BCUT2D eigenvalue weighted by atomic mass is 16.2. The third-order valence-electron chi connectivity index (χ3n) is 4.47. The first-order chi connectivity index (χ1) is 12.6. The van der Waals surface area contributed by atoms with Crippen molar-refractivity contribution < 1.29 is 4.79 Å². The van der Waals surface area contributed by atoms with E-state index in [0.29, 0.717) is 18.9 Å². The summed E-state index contributed by atoms with van der Waals surface area (Å²) in [6, 6.07) is 11.9. The Morgan fingerprint density at radius 1 is 1.19 bits per heavy atom. The van der Waals surface area contributed by atoms with Gasteiger partial charge in [0.15, 0.2) is 0 Å². The van der Waals surface area contributed by atoms with Gasteiger partial charge in [-0.05, 0) is 31.2 Å². The van der Waals surface area contributed by atoms with Crippen LogP contribution >= 0.6 is 0 Å². The number of pyridine rings is 1. The van der Waals surface area contributed by atoms with Crippen LogP contribution in [0.5, 0.6) is 0 Å². The fraction of sp³-hybridized carbons (Fsp3) is 0.211. The summed E-state index contributed by atoms with van der Waals surface area (Å²) in [6.45, 7) is 3.16. The van der Waals surface area contributed by atoms with Crippen molar-refractivity contribution in [3.8, 4) is 11.3 Å². The van der Waals surface area contributed by atoms with Gasteiger partial charge in [0.05, 0.1) is 12.2 Å². The number of hydrogen-bond acceptors (Lipinski definition) is 4. The molecular formula is C19H20N6O. The lowest BCUT2D eigenvalue weighted by molar-refractivity contribution is 0.209. The van der Waals surface area contributed by atoms with E-state index in [1.807, 2.05) is 56.6 Å². The van der Waals surface area contributed by atoms with E-state index in [0.717, 1.165) is 28.2 Å². The first kappa shape index (κ1) is 16.1. The number of nitrogens with zero attached hydrogens (tertiary/aromatic N) is 4. The summed E-state index contributed by atoms with van der Waals surface area (Å²) in [5.41, 5.74) is 4.92. The van der Waals surface area contributed by atoms with Crippen LogP contribution in [0.2, 0.25) is 0 Å². The average Bonchev–Trinajstić information content (AvgIpc) is 3.08. The Kier molecular flexibility index (Phi) is 4.04. The zero-order valence-electron chi connectivity index (χ0n) is 14.7. The Balaban J connectivity index is 1.58. The Bertz CT molecular complexity index is 947. The number of nitrogens with one attached hydrogen (secondary N) is 2. The molecule has 0 fully saturated rings. The highest BCUT2D eigenvalue weighted by molar-refractivity contribution is 5.92. The molecule has 26 heavy (non-hydrogen) atoms. The van der Waals surface area contributed by atoms with Crippen molar-refractivity contribution in [1.82, 2.24) is 19.7 Å². The van der Waals surface area contributed by atoms with Gasteiger partial charge in [0.2, 0.25) is 0 Å². The van der Waals surface area contributed by atoms with E-state index in [-0.39, 0.29) is 6.03 Å². The Morgan fingerprint density at radius 3 is 2.69 bits per heavy atom. The van der Waals surface area contributed by atoms with Crippen LogP contribution in [-0.2, 0) is 13.6 Å². The van der Waals surface area contributed by atoms with Gasteiger partial charge in [-0.1, -0.05) is 12.1 Å². The summed E-state index contributed by atoms with van der Waals surface area (Å²) in [5.74, 6) is 0.620. The van der Waals surface area contributed by atoms with Crippen LogP contribution in [0.4, 0.5) is 22.0 Å². The number of benzene rings is 1. The van der Waals surface area contributed by atoms with Crippen molar-refractivity contribution in [1.29, 1.82) is 0 Å². The first-order valence-electron chi connectivity index (χ1n) is 8.55. The summed E-state index contributed by atoms with van der Waals surface area (Å²) in [6.07, 6.45) is 3.63. The van der Waals surface area contributed by atoms with Gasteiger partial charge >= 0.3 is 6.03 Å². The number of rotatable bonds is 4. The Morgan fingerprint density at radius 2 is 2.00 bits per heavy atom. The van der Waals surface area contributed by atoms with Gasteiger partial charge in [0, 0.05) is 48.5 Å². The molecule has 0 spiro atoms. The van der Waals surface area contributed by atoms with E-state index in [4.69, 9.17) is 0 Å². The van der Waals surface area contributed by atoms with E-state index in [9.17, 15) is 4.79 Å². The van der Waals surface area contributed by atoms with Crippen molar-refractivity contribution in [2.45, 2.75) is 13.5 Å². The second kappa shape index (κ2) is 6.51. The number of hydrogen-bond donors (Lipinski definition) is 2. The van der Waals surface area contributed by atoms with Gasteiger partial charge in [-0.3, -0.25) is 10.00 Å². The smallest absolute Gasteiger partial charge is 0.323 e. The summed E-state index contributed by atoms with van der Waals surface area (Å²) in [5, 5.41) is 10.7. The minimum atomic E-state index is -0.107. The maximum atomic E-state index is 12.0. The fourth-order valence-electron chi connectivity index (χ4n) is 3.02. The molecule has 2 aromatic heterocycles. The molecule has 4 rings (SSSR count). The van der Waals surface area contributed by atoms with Gasteiger partial charge in [-0.15, -0.1) is 0 Å². The van der Waals surface area contributed by atoms with Gasteiger partial charge in [-0.25, -0.2) is 9.78 Å². The molecule has 0 saturated carbocycles. The molecular weight excluding hydrogens is 328 g/mol. The van der Waals surface area contributed by atoms with Crippen LogP contribution in [0.3, 0.4) is 0 Å². The van der Waals surface area contributed by atoms with Crippen molar-refractivity contribution in [2.75, 3.05) is 17.2 Å². The second-order valence-corrected chi connectivity index (χ2v) is 6.21. The topological polar surface area (TPSA) is 75.1 Å². The molecule has 0 saturated heterocycles. The zero-order chi connectivity index (χ0) is 18.1. The summed E-state index contributed by atoms with van der Waals surface area (Å²) < 4.78 is 1.79. The Labute approximate surface area is 151 Å². The minimum Gasteiger partial charge on any atom is -0.355 e. The monoisotopic (exact) mass is 348 g/mol. The molecule has 2 amide bonds. The van der Waals surface area contributed by atoms with E-state index >= 15 is 0 Å². The van der Waals surface area contributed by atoms with Crippen molar-refractivity contribution in [2.24, 2.45) is 7.05 Å². The lowest BCUT2D eigenvalue weighted by atomic mass is 10.1. The van der Waals surface area contributed by atoms with Crippen LogP contribution < -0.4 is 10.6 Å². The molecule has 3 aromatic rings. The highest BCUT2D eigenvalue weighted by Gasteiger charge is 2.24.